The molecule has 0 radical (unpaired) electrons. The second-order valence-electron chi connectivity index (χ2n) is 14.1. The van der Waals surface area contributed by atoms with Crippen LogP contribution in [0.2, 0.25) is 10.0 Å². The summed E-state index contributed by atoms with van der Waals surface area (Å²) in [5.41, 5.74) is -1.28. The number of nitrogens with zero attached hydrogens (tertiary/aromatic N) is 5. The van der Waals surface area contributed by atoms with E-state index in [4.69, 9.17) is 28.3 Å². The average Bonchev–Trinajstić information content (AvgIpc) is 3.48. The Hall–Kier alpha value is -4.28. The van der Waals surface area contributed by atoms with Crippen molar-refractivity contribution >= 4 is 35.0 Å². The fourth-order valence-electron chi connectivity index (χ4n) is 6.82. The van der Waals surface area contributed by atoms with Crippen LogP contribution in [0.5, 0.6) is 0 Å². The molecule has 0 unspecified atom stereocenters. The van der Waals surface area contributed by atoms with Crippen LogP contribution >= 0.6 is 23.2 Å². The molecular formula is C37H48Cl2N8O7. The molecule has 6 N–H and O–H groups in total. The third kappa shape index (κ3) is 10.5. The van der Waals surface area contributed by atoms with Gasteiger partial charge in [-0.3, -0.25) is 19.1 Å². The minimum Gasteiger partial charge on any atom is -0.395 e. The summed E-state index contributed by atoms with van der Waals surface area (Å²) in [6.45, 7) is 1.99. The van der Waals surface area contributed by atoms with Crippen LogP contribution < -0.4 is 22.0 Å². The molecule has 2 aromatic carbocycles. The van der Waals surface area contributed by atoms with Crippen LogP contribution in [0.1, 0.15) is 104 Å². The zero-order valence-electron chi connectivity index (χ0n) is 30.3. The number of rotatable bonds is 10. The Kier molecular flexibility index (Phi) is 13.9. The lowest BCUT2D eigenvalue weighted by Crippen LogP contribution is -2.42. The Balaban J connectivity index is 0.000000208. The Morgan fingerprint density at radius 2 is 1.24 bits per heavy atom. The summed E-state index contributed by atoms with van der Waals surface area (Å²) in [4.78, 5) is 52.0. The average molecular weight is 788 g/mol. The van der Waals surface area contributed by atoms with Gasteiger partial charge in [0.15, 0.2) is 0 Å². The van der Waals surface area contributed by atoms with Crippen LogP contribution in [-0.2, 0) is 6.54 Å². The SMILES string of the molecule is Cc1nn(-c2ccc(Cl)c(C(=O)NCC3(O)CCCCCC3)c2)c(=O)[nH]1.O=C(NCC1(O)CCCCCC1)c1cc(-n2ncn(CCO)c2=O)ccc1Cl. The van der Waals surface area contributed by atoms with Crippen LogP contribution in [0, 0.1) is 6.92 Å². The van der Waals surface area contributed by atoms with Gasteiger partial charge in [0.05, 0.1) is 56.9 Å². The zero-order valence-corrected chi connectivity index (χ0v) is 31.8. The van der Waals surface area contributed by atoms with Crippen molar-refractivity contribution in [2.24, 2.45) is 0 Å². The molecule has 15 nitrogen and oxygen atoms in total. The molecule has 0 aliphatic heterocycles. The topological polar surface area (TPSA) is 209 Å². The van der Waals surface area contributed by atoms with Crippen molar-refractivity contribution < 1.29 is 24.9 Å². The number of benzene rings is 2. The highest BCUT2D eigenvalue weighted by atomic mass is 35.5. The third-order valence-electron chi connectivity index (χ3n) is 9.91. The van der Waals surface area contributed by atoms with Crippen molar-refractivity contribution in [3.63, 3.8) is 0 Å². The monoisotopic (exact) mass is 786 g/mol. The number of aromatic nitrogens is 6. The van der Waals surface area contributed by atoms with E-state index in [9.17, 15) is 29.4 Å². The third-order valence-corrected chi connectivity index (χ3v) is 10.6. The maximum Gasteiger partial charge on any atom is 0.350 e. The van der Waals surface area contributed by atoms with Gasteiger partial charge in [-0.2, -0.15) is 19.6 Å². The molecule has 2 amide bonds. The predicted molar refractivity (Wildman–Crippen MR) is 204 cm³/mol. The number of amides is 2. The Morgan fingerprint density at radius 3 is 1.67 bits per heavy atom. The lowest BCUT2D eigenvalue weighted by molar-refractivity contribution is 0.0245. The van der Waals surface area contributed by atoms with Crippen LogP contribution in [0.4, 0.5) is 0 Å². The summed E-state index contributed by atoms with van der Waals surface area (Å²) in [6.07, 6.45) is 12.3. The number of aromatic amines is 1. The van der Waals surface area contributed by atoms with E-state index in [0.29, 0.717) is 42.9 Å². The van der Waals surface area contributed by atoms with Gasteiger partial charge in [-0.1, -0.05) is 74.6 Å². The van der Waals surface area contributed by atoms with Crippen molar-refractivity contribution in [3.05, 3.63) is 90.7 Å². The minimum absolute atomic E-state index is 0.137. The number of aryl methyl sites for hydroxylation is 1. The standard InChI is InChI=1S/C19H25ClN4O4.C18H23ClN4O3/c20-16-6-5-14(24-18(27)23(9-10-25)13-22-24)11-15(16)17(26)21-12-19(28)7-3-1-2-4-8-19;1-12-21-17(25)23(22-12)13-6-7-15(19)14(10-13)16(24)20-11-18(26)8-4-2-3-5-9-18/h5-6,11,13,25,28H,1-4,7-10,12H2,(H,21,26);6-7,10,26H,2-5,8-9,11H2,1H3,(H,20,24)(H,21,22,25). The number of halogens is 2. The van der Waals surface area contributed by atoms with Gasteiger partial charge < -0.3 is 26.0 Å². The van der Waals surface area contributed by atoms with Gasteiger partial charge in [-0.25, -0.2) is 9.59 Å². The van der Waals surface area contributed by atoms with Gasteiger partial charge in [-0.05, 0) is 69.0 Å². The smallest absolute Gasteiger partial charge is 0.350 e. The quantitative estimate of drug-likeness (QED) is 0.129. The van der Waals surface area contributed by atoms with Gasteiger partial charge in [0, 0.05) is 13.1 Å². The molecule has 2 heterocycles. The molecule has 6 rings (SSSR count). The summed E-state index contributed by atoms with van der Waals surface area (Å²) < 4.78 is 3.60. The molecule has 4 aromatic rings. The summed E-state index contributed by atoms with van der Waals surface area (Å²) >= 11 is 12.4. The van der Waals surface area contributed by atoms with Gasteiger partial charge in [0.25, 0.3) is 11.8 Å². The fourth-order valence-corrected chi connectivity index (χ4v) is 7.23. The maximum absolute atomic E-state index is 12.7. The molecule has 0 saturated heterocycles. The minimum atomic E-state index is -0.893. The second kappa shape index (κ2) is 18.4. The summed E-state index contributed by atoms with van der Waals surface area (Å²) in [6, 6.07) is 9.32. The van der Waals surface area contributed by atoms with E-state index in [2.05, 4.69) is 25.8 Å². The molecule has 292 valence electrons. The first-order valence-corrected chi connectivity index (χ1v) is 19.1. The number of aliphatic hydroxyl groups excluding tert-OH is 1. The Bertz CT molecular complexity index is 2020. The van der Waals surface area contributed by atoms with Gasteiger partial charge in [0.2, 0.25) is 0 Å². The number of aliphatic hydroxyl groups is 3. The second-order valence-corrected chi connectivity index (χ2v) is 15.0. The molecule has 0 spiro atoms. The van der Waals surface area contributed by atoms with Gasteiger partial charge in [-0.15, -0.1) is 0 Å². The zero-order chi connectivity index (χ0) is 38.9. The summed E-state index contributed by atoms with van der Waals surface area (Å²) in [5, 5.41) is 44.6. The summed E-state index contributed by atoms with van der Waals surface area (Å²) in [7, 11) is 0. The van der Waals surface area contributed by atoms with Crippen LogP contribution in [0.15, 0.2) is 52.3 Å². The number of hydrogen-bond acceptors (Lipinski definition) is 9. The lowest BCUT2D eigenvalue weighted by Gasteiger charge is -2.26. The molecule has 54 heavy (non-hydrogen) atoms. The highest BCUT2D eigenvalue weighted by molar-refractivity contribution is 6.34. The number of nitrogens with one attached hydrogen (secondary N) is 3. The van der Waals surface area contributed by atoms with E-state index in [1.54, 1.807) is 25.1 Å². The predicted octanol–water partition coefficient (Wildman–Crippen LogP) is 3.83. The molecule has 2 aromatic heterocycles. The van der Waals surface area contributed by atoms with Crippen molar-refractivity contribution in [3.8, 4) is 11.4 Å². The highest BCUT2D eigenvalue weighted by Crippen LogP contribution is 2.28. The van der Waals surface area contributed by atoms with Crippen LogP contribution in [-0.4, -0.2) is 87.1 Å². The van der Waals surface area contributed by atoms with Crippen LogP contribution in [0.25, 0.3) is 11.4 Å². The van der Waals surface area contributed by atoms with E-state index in [-0.39, 0.29) is 59.0 Å². The van der Waals surface area contributed by atoms with Gasteiger partial charge in [0.1, 0.15) is 12.2 Å². The molecule has 2 aliphatic carbocycles. The van der Waals surface area contributed by atoms with Crippen molar-refractivity contribution in [1.29, 1.82) is 0 Å². The largest absolute Gasteiger partial charge is 0.395 e. The number of carbonyl (C=O) groups excluding carboxylic acids is 2. The van der Waals surface area contributed by atoms with Crippen molar-refractivity contribution in [2.45, 2.75) is 102 Å². The van der Waals surface area contributed by atoms with Crippen molar-refractivity contribution in [2.75, 3.05) is 19.7 Å². The lowest BCUT2D eigenvalue weighted by atomic mass is 9.94. The van der Waals surface area contributed by atoms with E-state index in [0.717, 1.165) is 56.0 Å². The van der Waals surface area contributed by atoms with Crippen LogP contribution in [0.3, 0.4) is 0 Å². The summed E-state index contributed by atoms with van der Waals surface area (Å²) in [5.74, 6) is -0.311. The number of hydrogen-bond donors (Lipinski definition) is 6. The molecular weight excluding hydrogens is 739 g/mol. The molecule has 2 saturated carbocycles. The van der Waals surface area contributed by atoms with E-state index >= 15 is 0 Å². The molecule has 2 fully saturated rings. The van der Waals surface area contributed by atoms with Crippen molar-refractivity contribution in [1.82, 2.24) is 39.7 Å². The Labute approximate surface area is 322 Å². The molecule has 2 aliphatic rings. The number of H-pyrrole nitrogens is 1. The molecule has 0 bridgehead atoms. The first-order valence-electron chi connectivity index (χ1n) is 18.3. The first-order chi connectivity index (χ1) is 25.8. The molecule has 0 atom stereocenters. The van der Waals surface area contributed by atoms with E-state index in [1.807, 2.05) is 0 Å². The first kappa shape index (κ1) is 40.9. The fraction of sp³-hybridized carbons (Fsp3) is 0.514. The normalized spacial score (nSPS) is 16.7. The van der Waals surface area contributed by atoms with Gasteiger partial charge >= 0.3 is 11.4 Å². The molecule has 17 heteroatoms. The Morgan fingerprint density at radius 1 is 0.778 bits per heavy atom. The van der Waals surface area contributed by atoms with E-state index < -0.39 is 22.8 Å². The highest BCUT2D eigenvalue weighted by Gasteiger charge is 2.30. The van der Waals surface area contributed by atoms with E-state index in [1.165, 1.54) is 33.8 Å². The number of carbonyl (C=O) groups is 2. The maximum atomic E-state index is 12.7.